The van der Waals surface area contributed by atoms with Crippen molar-refractivity contribution in [1.29, 1.82) is 0 Å². The molecule has 1 aliphatic carbocycles. The van der Waals surface area contributed by atoms with Crippen LogP contribution in [0.1, 0.15) is 19.8 Å². The molecular formula is C17H25FN4O2. The number of nitrogens with one attached hydrogen (secondary N) is 3. The second kappa shape index (κ2) is 9.10. The van der Waals surface area contributed by atoms with Crippen molar-refractivity contribution in [3.8, 4) is 5.75 Å². The first-order chi connectivity index (χ1) is 11.6. The van der Waals surface area contributed by atoms with Crippen molar-refractivity contribution in [2.24, 2.45) is 10.9 Å². The van der Waals surface area contributed by atoms with Gasteiger partial charge in [-0.15, -0.1) is 0 Å². The molecule has 1 atom stereocenters. The lowest BCUT2D eigenvalue weighted by Crippen LogP contribution is -2.44. The molecule has 1 fully saturated rings. The lowest BCUT2D eigenvalue weighted by molar-refractivity contribution is -0.122. The van der Waals surface area contributed by atoms with Gasteiger partial charge in [-0.25, -0.2) is 4.39 Å². The topological polar surface area (TPSA) is 74.8 Å². The summed E-state index contributed by atoms with van der Waals surface area (Å²) in [5.41, 5.74) is 0. The number of nitrogens with zero attached hydrogens (tertiary/aromatic N) is 1. The molecule has 1 aromatic rings. The number of rotatable bonds is 8. The average Bonchev–Trinajstić information content (AvgIpc) is 3.39. The summed E-state index contributed by atoms with van der Waals surface area (Å²) in [5.74, 6) is 1.17. The molecular weight excluding hydrogens is 311 g/mol. The molecule has 6 nitrogen and oxygen atoms in total. The van der Waals surface area contributed by atoms with Gasteiger partial charge in [-0.05, 0) is 31.9 Å². The highest BCUT2D eigenvalue weighted by atomic mass is 19.1. The number of ether oxygens (including phenoxy) is 1. The van der Waals surface area contributed by atoms with Crippen LogP contribution in [0.4, 0.5) is 4.39 Å². The Labute approximate surface area is 141 Å². The summed E-state index contributed by atoms with van der Waals surface area (Å²) >= 11 is 0. The summed E-state index contributed by atoms with van der Waals surface area (Å²) in [6, 6.07) is 6.06. The zero-order valence-corrected chi connectivity index (χ0v) is 14.1. The van der Waals surface area contributed by atoms with Crippen molar-refractivity contribution < 1.29 is 13.9 Å². The Balaban J connectivity index is 1.62. The Morgan fingerprint density at radius 3 is 2.75 bits per heavy atom. The number of amides is 1. The van der Waals surface area contributed by atoms with E-state index in [9.17, 15) is 9.18 Å². The molecule has 0 radical (unpaired) electrons. The summed E-state index contributed by atoms with van der Waals surface area (Å²) in [7, 11) is 1.68. The van der Waals surface area contributed by atoms with E-state index in [4.69, 9.17) is 4.74 Å². The molecule has 1 aromatic carbocycles. The van der Waals surface area contributed by atoms with E-state index in [1.807, 2.05) is 6.92 Å². The van der Waals surface area contributed by atoms with Gasteiger partial charge in [-0.3, -0.25) is 9.79 Å². The van der Waals surface area contributed by atoms with Crippen molar-refractivity contribution in [2.45, 2.75) is 25.9 Å². The molecule has 1 aliphatic rings. The fraction of sp³-hybridized carbons (Fsp3) is 0.529. The highest BCUT2D eigenvalue weighted by Crippen LogP contribution is 2.28. The zero-order chi connectivity index (χ0) is 17.4. The van der Waals surface area contributed by atoms with E-state index < -0.39 is 0 Å². The normalized spacial score (nSPS) is 15.5. The van der Waals surface area contributed by atoms with E-state index in [0.29, 0.717) is 31.3 Å². The van der Waals surface area contributed by atoms with Gasteiger partial charge in [0.15, 0.2) is 5.96 Å². The number of benzene rings is 1. The van der Waals surface area contributed by atoms with Gasteiger partial charge < -0.3 is 20.7 Å². The minimum absolute atomic E-state index is 0.136. The number of aliphatic imine (C=N–C) groups is 1. The summed E-state index contributed by atoms with van der Waals surface area (Å²) in [4.78, 5) is 15.6. The maximum Gasteiger partial charge on any atom is 0.223 e. The van der Waals surface area contributed by atoms with Crippen LogP contribution in [0.2, 0.25) is 0 Å². The van der Waals surface area contributed by atoms with Gasteiger partial charge in [0.2, 0.25) is 5.91 Å². The molecule has 0 saturated heterocycles. The second-order valence-electron chi connectivity index (χ2n) is 5.83. The molecule has 3 N–H and O–H groups in total. The van der Waals surface area contributed by atoms with Crippen molar-refractivity contribution in [1.82, 2.24) is 16.0 Å². The molecule has 1 unspecified atom stereocenters. The van der Waals surface area contributed by atoms with Gasteiger partial charge in [0.05, 0.1) is 6.54 Å². The van der Waals surface area contributed by atoms with Crippen LogP contribution < -0.4 is 20.7 Å². The first kappa shape index (κ1) is 18.0. The molecule has 1 amide bonds. The third kappa shape index (κ3) is 6.44. The third-order valence-corrected chi connectivity index (χ3v) is 3.58. The summed E-state index contributed by atoms with van der Waals surface area (Å²) in [6.45, 7) is 3.56. The lowest BCUT2D eigenvalue weighted by Gasteiger charge is -2.18. The second-order valence-corrected chi connectivity index (χ2v) is 5.83. The van der Waals surface area contributed by atoms with Crippen LogP contribution in [0, 0.1) is 11.7 Å². The predicted molar refractivity (Wildman–Crippen MR) is 91.6 cm³/mol. The summed E-state index contributed by atoms with van der Waals surface area (Å²) < 4.78 is 18.8. The molecule has 0 spiro atoms. The molecule has 0 aliphatic heterocycles. The average molecular weight is 336 g/mol. The Hall–Kier alpha value is -2.31. The maximum absolute atomic E-state index is 13.1. The predicted octanol–water partition coefficient (Wildman–Crippen LogP) is 1.28. The van der Waals surface area contributed by atoms with Crippen molar-refractivity contribution in [2.75, 3.05) is 26.7 Å². The van der Waals surface area contributed by atoms with Crippen LogP contribution in [-0.2, 0) is 4.79 Å². The number of hydrogen-bond donors (Lipinski definition) is 3. The van der Waals surface area contributed by atoms with Crippen LogP contribution in [0.25, 0.3) is 0 Å². The number of guanidine groups is 1. The van der Waals surface area contributed by atoms with Gasteiger partial charge in [-0.1, -0.05) is 6.07 Å². The van der Waals surface area contributed by atoms with E-state index in [1.54, 1.807) is 19.2 Å². The molecule has 1 saturated carbocycles. The Morgan fingerprint density at radius 2 is 2.08 bits per heavy atom. The van der Waals surface area contributed by atoms with E-state index >= 15 is 0 Å². The van der Waals surface area contributed by atoms with E-state index in [2.05, 4.69) is 20.9 Å². The van der Waals surface area contributed by atoms with Gasteiger partial charge in [0.1, 0.15) is 17.7 Å². The minimum Gasteiger partial charge on any atom is -0.489 e. The largest absolute Gasteiger partial charge is 0.489 e. The molecule has 2 rings (SSSR count). The number of halogens is 1. The van der Waals surface area contributed by atoms with Crippen LogP contribution in [0.15, 0.2) is 29.3 Å². The molecule has 24 heavy (non-hydrogen) atoms. The highest BCUT2D eigenvalue weighted by Gasteiger charge is 2.28. The Morgan fingerprint density at radius 1 is 1.33 bits per heavy atom. The summed E-state index contributed by atoms with van der Waals surface area (Å²) in [5, 5.41) is 9.14. The highest BCUT2D eigenvalue weighted by molar-refractivity contribution is 5.81. The third-order valence-electron chi connectivity index (χ3n) is 3.58. The first-order valence-corrected chi connectivity index (χ1v) is 8.23. The molecule has 7 heteroatoms. The molecule has 0 heterocycles. The lowest BCUT2D eigenvalue weighted by atomic mass is 10.3. The van der Waals surface area contributed by atoms with Crippen molar-refractivity contribution >= 4 is 11.9 Å². The molecule has 0 bridgehead atoms. The van der Waals surface area contributed by atoms with Gasteiger partial charge in [-0.2, -0.15) is 0 Å². The minimum atomic E-state index is -0.321. The van der Waals surface area contributed by atoms with Crippen LogP contribution in [0.3, 0.4) is 0 Å². The SMILES string of the molecule is CN=C(NCCNC(=O)C1CC1)NCC(C)Oc1cccc(F)c1. The standard InChI is InChI=1S/C17H25FN4O2/c1-12(24-15-5-3-4-14(18)10-15)11-22-17(19-2)21-9-8-20-16(23)13-6-7-13/h3-5,10,12-13H,6-9,11H2,1-2H3,(H,20,23)(H2,19,21,22). The van der Waals surface area contributed by atoms with E-state index in [-0.39, 0.29) is 23.7 Å². The Kier molecular flexibility index (Phi) is 6.84. The monoisotopic (exact) mass is 336 g/mol. The quantitative estimate of drug-likeness (QED) is 0.380. The number of carbonyl (C=O) groups excluding carboxylic acids is 1. The van der Waals surface area contributed by atoms with Gasteiger partial charge in [0.25, 0.3) is 0 Å². The maximum atomic E-state index is 13.1. The molecule has 0 aromatic heterocycles. The van der Waals surface area contributed by atoms with Crippen LogP contribution >= 0.6 is 0 Å². The van der Waals surface area contributed by atoms with Crippen LogP contribution in [-0.4, -0.2) is 44.7 Å². The number of hydrogen-bond acceptors (Lipinski definition) is 3. The summed E-state index contributed by atoms with van der Waals surface area (Å²) in [6.07, 6.45) is 1.86. The van der Waals surface area contributed by atoms with Gasteiger partial charge in [0, 0.05) is 32.1 Å². The molecule has 132 valence electrons. The van der Waals surface area contributed by atoms with Crippen molar-refractivity contribution in [3.05, 3.63) is 30.1 Å². The zero-order valence-electron chi connectivity index (χ0n) is 14.1. The smallest absolute Gasteiger partial charge is 0.223 e. The van der Waals surface area contributed by atoms with Crippen molar-refractivity contribution in [3.63, 3.8) is 0 Å². The van der Waals surface area contributed by atoms with Gasteiger partial charge >= 0.3 is 0 Å². The first-order valence-electron chi connectivity index (χ1n) is 8.23. The Bertz CT molecular complexity index is 575. The van der Waals surface area contributed by atoms with E-state index in [0.717, 1.165) is 12.8 Å². The fourth-order valence-corrected chi connectivity index (χ4v) is 2.13. The van der Waals surface area contributed by atoms with Crippen LogP contribution in [0.5, 0.6) is 5.75 Å². The van der Waals surface area contributed by atoms with E-state index in [1.165, 1.54) is 12.1 Å². The fourth-order valence-electron chi connectivity index (χ4n) is 2.13. The number of carbonyl (C=O) groups is 1.